The predicted octanol–water partition coefficient (Wildman–Crippen LogP) is 4.83. The third kappa shape index (κ3) is 4.71. The molecule has 7 heteroatoms. The van der Waals surface area contributed by atoms with Gasteiger partial charge in [0, 0.05) is 35.8 Å². The van der Waals surface area contributed by atoms with Crippen molar-refractivity contribution >= 4 is 29.3 Å². The van der Waals surface area contributed by atoms with Crippen molar-refractivity contribution in [1.29, 1.82) is 0 Å². The topological polar surface area (TPSA) is 78.9 Å². The monoisotopic (exact) mass is 421 g/mol. The van der Waals surface area contributed by atoms with Gasteiger partial charge in [0.25, 0.3) is 0 Å². The highest BCUT2D eigenvalue weighted by Gasteiger charge is 2.11. The minimum atomic E-state index is -0.293. The molecule has 6 nitrogen and oxygen atoms in total. The number of nitrogens with one attached hydrogen (secondary N) is 3. The number of fused-ring (bicyclic) bond motifs is 1. The van der Waals surface area contributed by atoms with Crippen LogP contribution >= 0.6 is 11.6 Å². The van der Waals surface area contributed by atoms with Crippen LogP contribution in [0.2, 0.25) is 5.02 Å². The first-order valence-corrected chi connectivity index (χ1v) is 10.5. The van der Waals surface area contributed by atoms with E-state index in [1.54, 1.807) is 6.07 Å². The van der Waals surface area contributed by atoms with Crippen LogP contribution in [-0.2, 0) is 12.8 Å². The zero-order valence-electron chi connectivity index (χ0n) is 16.8. The Morgan fingerprint density at radius 3 is 2.90 bits per heavy atom. The number of rotatable bonds is 5. The molecule has 0 fully saturated rings. The Morgan fingerprint density at radius 1 is 1.13 bits per heavy atom. The SMILES string of the molecule is Cc1c(Cl)cccc1-c1cccc(NC(=O)NCCc2ccc3c(n2)NCCC3)n1. The van der Waals surface area contributed by atoms with Gasteiger partial charge in [0.05, 0.1) is 5.69 Å². The number of carbonyl (C=O) groups excluding carboxylic acids is 1. The number of amides is 2. The fourth-order valence-corrected chi connectivity index (χ4v) is 3.69. The van der Waals surface area contributed by atoms with Crippen LogP contribution in [0.25, 0.3) is 11.3 Å². The molecule has 0 aliphatic carbocycles. The van der Waals surface area contributed by atoms with Crippen LogP contribution in [0.4, 0.5) is 16.4 Å². The Kier molecular flexibility index (Phi) is 6.14. The molecule has 0 saturated carbocycles. The molecule has 4 rings (SSSR count). The van der Waals surface area contributed by atoms with Gasteiger partial charge in [-0.3, -0.25) is 5.32 Å². The number of aryl methyl sites for hydroxylation is 1. The van der Waals surface area contributed by atoms with E-state index in [-0.39, 0.29) is 6.03 Å². The number of hydrogen-bond donors (Lipinski definition) is 3. The van der Waals surface area contributed by atoms with E-state index in [9.17, 15) is 4.79 Å². The second-order valence-corrected chi connectivity index (χ2v) is 7.70. The lowest BCUT2D eigenvalue weighted by atomic mass is 10.1. The highest BCUT2D eigenvalue weighted by atomic mass is 35.5. The number of hydrogen-bond acceptors (Lipinski definition) is 4. The summed E-state index contributed by atoms with van der Waals surface area (Å²) in [4.78, 5) is 21.5. The van der Waals surface area contributed by atoms with Crippen molar-refractivity contribution < 1.29 is 4.79 Å². The van der Waals surface area contributed by atoms with E-state index >= 15 is 0 Å². The van der Waals surface area contributed by atoms with Crippen molar-refractivity contribution in [3.05, 3.63) is 70.4 Å². The summed E-state index contributed by atoms with van der Waals surface area (Å²) in [6.07, 6.45) is 2.87. The van der Waals surface area contributed by atoms with Gasteiger partial charge >= 0.3 is 6.03 Å². The van der Waals surface area contributed by atoms with E-state index in [4.69, 9.17) is 11.6 Å². The summed E-state index contributed by atoms with van der Waals surface area (Å²) < 4.78 is 0. The maximum Gasteiger partial charge on any atom is 0.320 e. The van der Waals surface area contributed by atoms with Gasteiger partial charge in [0.15, 0.2) is 0 Å². The Labute approximate surface area is 181 Å². The molecule has 0 spiro atoms. The number of anilines is 2. The molecule has 1 aromatic carbocycles. The molecule has 0 bridgehead atoms. The minimum Gasteiger partial charge on any atom is -0.370 e. The van der Waals surface area contributed by atoms with E-state index in [0.29, 0.717) is 23.8 Å². The molecule has 3 aromatic rings. The van der Waals surface area contributed by atoms with E-state index in [1.807, 2.05) is 43.3 Å². The first-order valence-electron chi connectivity index (χ1n) is 10.1. The molecular formula is C23H24ClN5O. The number of nitrogens with zero attached hydrogens (tertiary/aromatic N) is 2. The summed E-state index contributed by atoms with van der Waals surface area (Å²) in [6, 6.07) is 15.1. The van der Waals surface area contributed by atoms with Crippen molar-refractivity contribution in [2.24, 2.45) is 0 Å². The van der Waals surface area contributed by atoms with Crippen LogP contribution in [-0.4, -0.2) is 29.1 Å². The molecule has 3 N–H and O–H groups in total. The van der Waals surface area contributed by atoms with Crippen LogP contribution in [0, 0.1) is 6.92 Å². The summed E-state index contributed by atoms with van der Waals surface area (Å²) >= 11 is 6.22. The largest absolute Gasteiger partial charge is 0.370 e. The molecule has 0 saturated heterocycles. The second kappa shape index (κ2) is 9.13. The molecule has 1 aliphatic rings. The molecule has 154 valence electrons. The Balaban J connectivity index is 1.34. The Hall–Kier alpha value is -3.12. The maximum atomic E-state index is 12.3. The minimum absolute atomic E-state index is 0.293. The second-order valence-electron chi connectivity index (χ2n) is 7.29. The van der Waals surface area contributed by atoms with Gasteiger partial charge in [0.1, 0.15) is 11.6 Å². The highest BCUT2D eigenvalue weighted by Crippen LogP contribution is 2.27. The lowest BCUT2D eigenvalue weighted by Gasteiger charge is -2.17. The van der Waals surface area contributed by atoms with Crippen LogP contribution in [0.3, 0.4) is 0 Å². The Bertz CT molecular complexity index is 1070. The standard InChI is InChI=1S/C23H24ClN5O/c1-15-18(6-2-7-19(15)24)20-8-3-9-21(28-20)29-23(30)26-14-12-17-11-10-16-5-4-13-25-22(16)27-17/h2-3,6-11H,4-5,12-14H2,1H3,(H,25,27)(H2,26,28,29,30). The van der Waals surface area contributed by atoms with Crippen molar-refractivity contribution in [3.8, 4) is 11.3 Å². The van der Waals surface area contributed by atoms with Crippen molar-refractivity contribution in [2.45, 2.75) is 26.2 Å². The first-order chi connectivity index (χ1) is 14.6. The van der Waals surface area contributed by atoms with E-state index in [0.717, 1.165) is 47.7 Å². The van der Waals surface area contributed by atoms with Gasteiger partial charge in [-0.2, -0.15) is 0 Å². The number of pyridine rings is 2. The van der Waals surface area contributed by atoms with Crippen molar-refractivity contribution in [3.63, 3.8) is 0 Å². The molecule has 0 unspecified atom stereocenters. The number of urea groups is 1. The average Bonchev–Trinajstić information content (AvgIpc) is 2.76. The van der Waals surface area contributed by atoms with Crippen LogP contribution in [0.1, 0.15) is 23.2 Å². The van der Waals surface area contributed by atoms with E-state index in [2.05, 4.69) is 32.0 Å². The maximum absolute atomic E-state index is 12.3. The lowest BCUT2D eigenvalue weighted by molar-refractivity contribution is 0.252. The number of benzene rings is 1. The normalized spacial score (nSPS) is 12.6. The summed E-state index contributed by atoms with van der Waals surface area (Å²) in [5.74, 6) is 1.46. The fraction of sp³-hybridized carbons (Fsp3) is 0.261. The van der Waals surface area contributed by atoms with Crippen LogP contribution in [0.5, 0.6) is 0 Å². The first kappa shape index (κ1) is 20.2. The van der Waals surface area contributed by atoms with Crippen molar-refractivity contribution in [2.75, 3.05) is 23.7 Å². The smallest absolute Gasteiger partial charge is 0.320 e. The summed E-state index contributed by atoms with van der Waals surface area (Å²) in [5.41, 5.74) is 4.88. The predicted molar refractivity (Wildman–Crippen MR) is 121 cm³/mol. The Morgan fingerprint density at radius 2 is 2.00 bits per heavy atom. The van der Waals surface area contributed by atoms with Gasteiger partial charge < -0.3 is 10.6 Å². The van der Waals surface area contributed by atoms with Gasteiger partial charge in [-0.25, -0.2) is 14.8 Å². The number of carbonyl (C=O) groups is 1. The molecule has 30 heavy (non-hydrogen) atoms. The summed E-state index contributed by atoms with van der Waals surface area (Å²) in [7, 11) is 0. The molecule has 2 amide bonds. The molecule has 1 aliphatic heterocycles. The molecule has 3 heterocycles. The molecule has 0 radical (unpaired) electrons. The van der Waals surface area contributed by atoms with Crippen LogP contribution < -0.4 is 16.0 Å². The van der Waals surface area contributed by atoms with Gasteiger partial charge in [0.2, 0.25) is 0 Å². The zero-order valence-corrected chi connectivity index (χ0v) is 17.6. The van der Waals surface area contributed by atoms with E-state index < -0.39 is 0 Å². The number of halogens is 1. The fourth-order valence-electron chi connectivity index (χ4n) is 3.51. The van der Waals surface area contributed by atoms with E-state index in [1.165, 1.54) is 5.56 Å². The third-order valence-electron chi connectivity index (χ3n) is 5.15. The summed E-state index contributed by atoms with van der Waals surface area (Å²) in [6.45, 7) is 3.41. The van der Waals surface area contributed by atoms with Crippen molar-refractivity contribution in [1.82, 2.24) is 15.3 Å². The van der Waals surface area contributed by atoms with Gasteiger partial charge in [-0.05, 0) is 55.2 Å². The molecule has 2 aromatic heterocycles. The number of aromatic nitrogens is 2. The van der Waals surface area contributed by atoms with Gasteiger partial charge in [-0.1, -0.05) is 35.9 Å². The summed E-state index contributed by atoms with van der Waals surface area (Å²) in [5, 5.41) is 9.69. The van der Waals surface area contributed by atoms with Crippen LogP contribution in [0.15, 0.2) is 48.5 Å². The third-order valence-corrected chi connectivity index (χ3v) is 5.56. The average molecular weight is 422 g/mol. The molecular weight excluding hydrogens is 398 g/mol. The zero-order chi connectivity index (χ0) is 20.9. The lowest BCUT2D eigenvalue weighted by Crippen LogP contribution is -2.31. The van der Waals surface area contributed by atoms with Gasteiger partial charge in [-0.15, -0.1) is 0 Å². The quantitative estimate of drug-likeness (QED) is 0.551. The highest BCUT2D eigenvalue weighted by molar-refractivity contribution is 6.31. The molecule has 0 atom stereocenters.